The van der Waals surface area contributed by atoms with Gasteiger partial charge in [0, 0.05) is 30.7 Å². The summed E-state index contributed by atoms with van der Waals surface area (Å²) in [5.74, 6) is 1.51. The molecule has 0 spiro atoms. The van der Waals surface area contributed by atoms with Crippen LogP contribution in [0.15, 0.2) is 0 Å². The molecule has 1 aliphatic carbocycles. The normalized spacial score (nSPS) is 34.7. The van der Waals surface area contributed by atoms with Crippen LogP contribution < -0.4 is 5.32 Å². The number of piperazine rings is 1. The van der Waals surface area contributed by atoms with Gasteiger partial charge in [-0.15, -0.1) is 0 Å². The fraction of sp³-hybridized carbons (Fsp3) is 1.00. The molecule has 0 aromatic rings. The molecule has 2 nitrogen and oxygen atoms in total. The Morgan fingerprint density at radius 3 is 2.19 bits per heavy atom. The molecule has 94 valence electrons. The summed E-state index contributed by atoms with van der Waals surface area (Å²) in [5, 5.41) is 3.74. The van der Waals surface area contributed by atoms with Crippen molar-refractivity contribution in [1.29, 1.82) is 0 Å². The number of hydrogen-bond donors (Lipinski definition) is 1. The molecular formula is C14H28N2. The average molecular weight is 224 g/mol. The van der Waals surface area contributed by atoms with Crippen LogP contribution in [0.4, 0.5) is 0 Å². The number of hydrogen-bond acceptors (Lipinski definition) is 2. The van der Waals surface area contributed by atoms with Crippen molar-refractivity contribution in [2.24, 2.45) is 11.8 Å². The predicted molar refractivity (Wildman–Crippen MR) is 69.6 cm³/mol. The molecule has 2 fully saturated rings. The first-order chi connectivity index (χ1) is 7.44. The zero-order chi connectivity index (χ0) is 11.9. The van der Waals surface area contributed by atoms with Gasteiger partial charge in [0.2, 0.25) is 0 Å². The zero-order valence-corrected chi connectivity index (χ0v) is 11.6. The molecule has 2 aliphatic rings. The minimum atomic E-state index is 0.532. The van der Waals surface area contributed by atoms with E-state index >= 15 is 0 Å². The standard InChI is InChI=1S/C14H28N2/c1-10(2)12-9-16(14(5)6-7-14)13(8-15-12)11(3)4/h10-13,15H,6-9H2,1-5H3. The van der Waals surface area contributed by atoms with Crippen molar-refractivity contribution < 1.29 is 0 Å². The second kappa shape index (κ2) is 4.30. The van der Waals surface area contributed by atoms with Crippen LogP contribution in [-0.2, 0) is 0 Å². The lowest BCUT2D eigenvalue weighted by Gasteiger charge is -2.47. The fourth-order valence-electron chi connectivity index (χ4n) is 2.93. The third-order valence-electron chi connectivity index (χ3n) is 4.62. The van der Waals surface area contributed by atoms with Crippen LogP contribution in [-0.4, -0.2) is 35.6 Å². The van der Waals surface area contributed by atoms with E-state index in [4.69, 9.17) is 0 Å². The van der Waals surface area contributed by atoms with E-state index in [1.807, 2.05) is 0 Å². The Bertz CT molecular complexity index is 243. The first-order valence-electron chi connectivity index (χ1n) is 6.94. The van der Waals surface area contributed by atoms with Crippen molar-refractivity contribution in [2.75, 3.05) is 13.1 Å². The minimum Gasteiger partial charge on any atom is -0.311 e. The van der Waals surface area contributed by atoms with Gasteiger partial charge in [-0.05, 0) is 31.6 Å². The van der Waals surface area contributed by atoms with Crippen LogP contribution >= 0.6 is 0 Å². The lowest BCUT2D eigenvalue weighted by Crippen LogP contribution is -2.62. The SMILES string of the molecule is CC(C)C1CN(C2(C)CC2)C(C(C)C)CN1. The topological polar surface area (TPSA) is 15.3 Å². The van der Waals surface area contributed by atoms with Crippen LogP contribution in [0.1, 0.15) is 47.5 Å². The van der Waals surface area contributed by atoms with E-state index in [1.54, 1.807) is 0 Å². The summed E-state index contributed by atoms with van der Waals surface area (Å²) in [4.78, 5) is 2.80. The second-order valence-corrected chi connectivity index (χ2v) is 6.72. The van der Waals surface area contributed by atoms with Gasteiger partial charge in [0.25, 0.3) is 0 Å². The molecule has 1 aliphatic heterocycles. The van der Waals surface area contributed by atoms with Crippen LogP contribution in [0.3, 0.4) is 0 Å². The van der Waals surface area contributed by atoms with Crippen LogP contribution in [0.5, 0.6) is 0 Å². The van der Waals surface area contributed by atoms with Gasteiger partial charge >= 0.3 is 0 Å². The molecule has 1 saturated carbocycles. The molecule has 16 heavy (non-hydrogen) atoms. The molecule has 2 rings (SSSR count). The Balaban J connectivity index is 2.07. The molecule has 0 amide bonds. The van der Waals surface area contributed by atoms with Crippen molar-refractivity contribution in [3.63, 3.8) is 0 Å². The van der Waals surface area contributed by atoms with E-state index in [9.17, 15) is 0 Å². The number of nitrogens with zero attached hydrogens (tertiary/aromatic N) is 1. The highest BCUT2D eigenvalue weighted by atomic mass is 15.3. The Morgan fingerprint density at radius 1 is 1.12 bits per heavy atom. The van der Waals surface area contributed by atoms with Crippen LogP contribution in [0.25, 0.3) is 0 Å². The van der Waals surface area contributed by atoms with E-state index in [1.165, 1.54) is 25.9 Å². The number of rotatable bonds is 3. The smallest absolute Gasteiger partial charge is 0.0249 e. The number of nitrogens with one attached hydrogen (secondary N) is 1. The molecule has 0 radical (unpaired) electrons. The van der Waals surface area contributed by atoms with Crippen molar-refractivity contribution in [1.82, 2.24) is 10.2 Å². The van der Waals surface area contributed by atoms with Gasteiger partial charge in [-0.3, -0.25) is 4.90 Å². The Hall–Kier alpha value is -0.0800. The highest BCUT2D eigenvalue weighted by molar-refractivity contribution is 5.05. The predicted octanol–water partition coefficient (Wildman–Crippen LogP) is 2.49. The molecule has 1 N–H and O–H groups in total. The van der Waals surface area contributed by atoms with Gasteiger partial charge in [-0.1, -0.05) is 27.7 Å². The van der Waals surface area contributed by atoms with E-state index in [2.05, 4.69) is 44.8 Å². The molecular weight excluding hydrogens is 196 g/mol. The Labute approximate surface area is 101 Å². The van der Waals surface area contributed by atoms with Gasteiger partial charge in [0.05, 0.1) is 0 Å². The molecule has 0 aromatic carbocycles. The fourth-order valence-corrected chi connectivity index (χ4v) is 2.93. The van der Waals surface area contributed by atoms with Crippen molar-refractivity contribution in [2.45, 2.75) is 65.1 Å². The maximum absolute atomic E-state index is 3.74. The molecule has 2 unspecified atom stereocenters. The van der Waals surface area contributed by atoms with Crippen molar-refractivity contribution in [3.05, 3.63) is 0 Å². The summed E-state index contributed by atoms with van der Waals surface area (Å²) >= 11 is 0. The Morgan fingerprint density at radius 2 is 1.75 bits per heavy atom. The summed E-state index contributed by atoms with van der Waals surface area (Å²) in [5.41, 5.74) is 0.532. The van der Waals surface area contributed by atoms with Gasteiger partial charge in [-0.2, -0.15) is 0 Å². The first kappa shape index (κ1) is 12.4. The van der Waals surface area contributed by atoms with Gasteiger partial charge in [0.15, 0.2) is 0 Å². The summed E-state index contributed by atoms with van der Waals surface area (Å²) in [7, 11) is 0. The van der Waals surface area contributed by atoms with Crippen molar-refractivity contribution >= 4 is 0 Å². The molecule has 2 atom stereocenters. The summed E-state index contributed by atoms with van der Waals surface area (Å²) < 4.78 is 0. The van der Waals surface area contributed by atoms with Crippen molar-refractivity contribution in [3.8, 4) is 0 Å². The highest BCUT2D eigenvalue weighted by Crippen LogP contribution is 2.44. The van der Waals surface area contributed by atoms with E-state index in [0.717, 1.165) is 17.9 Å². The monoisotopic (exact) mass is 224 g/mol. The lowest BCUT2D eigenvalue weighted by atomic mass is 9.92. The second-order valence-electron chi connectivity index (χ2n) is 6.72. The molecule has 0 aromatic heterocycles. The Kier molecular flexibility index (Phi) is 3.33. The molecule has 1 saturated heterocycles. The quantitative estimate of drug-likeness (QED) is 0.792. The average Bonchev–Trinajstić information content (AvgIpc) is 2.96. The summed E-state index contributed by atoms with van der Waals surface area (Å²) in [6.45, 7) is 14.3. The van der Waals surface area contributed by atoms with Gasteiger partial charge in [0.1, 0.15) is 0 Å². The maximum atomic E-state index is 3.74. The van der Waals surface area contributed by atoms with E-state index < -0.39 is 0 Å². The highest BCUT2D eigenvalue weighted by Gasteiger charge is 2.48. The van der Waals surface area contributed by atoms with E-state index in [0.29, 0.717) is 11.6 Å². The van der Waals surface area contributed by atoms with E-state index in [-0.39, 0.29) is 0 Å². The molecule has 1 heterocycles. The molecule has 2 heteroatoms. The van der Waals surface area contributed by atoms with Crippen LogP contribution in [0.2, 0.25) is 0 Å². The maximum Gasteiger partial charge on any atom is 0.0249 e. The van der Waals surface area contributed by atoms with Gasteiger partial charge < -0.3 is 5.32 Å². The third-order valence-corrected chi connectivity index (χ3v) is 4.62. The zero-order valence-electron chi connectivity index (χ0n) is 11.6. The molecule has 0 bridgehead atoms. The first-order valence-corrected chi connectivity index (χ1v) is 6.94. The summed E-state index contributed by atoms with van der Waals surface area (Å²) in [6, 6.07) is 1.43. The third kappa shape index (κ3) is 2.28. The van der Waals surface area contributed by atoms with Crippen LogP contribution in [0, 0.1) is 11.8 Å². The van der Waals surface area contributed by atoms with Gasteiger partial charge in [-0.25, -0.2) is 0 Å². The largest absolute Gasteiger partial charge is 0.311 e. The minimum absolute atomic E-state index is 0.532. The lowest BCUT2D eigenvalue weighted by molar-refractivity contribution is 0.0408. The summed E-state index contributed by atoms with van der Waals surface area (Å²) in [6.07, 6.45) is 2.81.